The Kier molecular flexibility index (Phi) is 3.14. The van der Waals surface area contributed by atoms with Gasteiger partial charge in [0.2, 0.25) is 0 Å². The first-order chi connectivity index (χ1) is 7.37. The van der Waals surface area contributed by atoms with Crippen LogP contribution in [0.2, 0.25) is 0 Å². The molecule has 1 aromatic rings. The molecule has 2 rings (SSSR count). The van der Waals surface area contributed by atoms with Gasteiger partial charge >= 0.3 is 0 Å². The zero-order valence-corrected chi connectivity index (χ0v) is 11.7. The maximum absolute atomic E-state index is 9.66. The lowest BCUT2D eigenvalue weighted by molar-refractivity contribution is 0.142. The van der Waals surface area contributed by atoms with Gasteiger partial charge in [0.15, 0.2) is 0 Å². The molecule has 1 aliphatic rings. The van der Waals surface area contributed by atoms with Gasteiger partial charge in [-0.3, -0.25) is 0 Å². The molecule has 0 aliphatic carbocycles. The van der Waals surface area contributed by atoms with Gasteiger partial charge in [0.1, 0.15) is 10.4 Å². The number of hydrogen-bond donors (Lipinski definition) is 1. The summed E-state index contributed by atoms with van der Waals surface area (Å²) in [4.78, 5) is 4.58. The Balaban J connectivity index is 2.31. The highest BCUT2D eigenvalue weighted by Gasteiger charge is 2.25. The summed E-state index contributed by atoms with van der Waals surface area (Å²) >= 11 is 3.49. The van der Waals surface area contributed by atoms with Gasteiger partial charge in [-0.2, -0.15) is 0 Å². The van der Waals surface area contributed by atoms with Crippen LogP contribution in [-0.2, 0) is 19.4 Å². The number of hydrogen-bond acceptors (Lipinski definition) is 2. The van der Waals surface area contributed by atoms with E-state index >= 15 is 0 Å². The second-order valence-corrected chi connectivity index (χ2v) is 6.55. The van der Waals surface area contributed by atoms with E-state index in [4.69, 9.17) is 0 Å². The van der Waals surface area contributed by atoms with Gasteiger partial charge in [0, 0.05) is 19.4 Å². The van der Waals surface area contributed by atoms with Gasteiger partial charge in [-0.05, 0) is 27.8 Å². The Hall–Kier alpha value is -0.350. The van der Waals surface area contributed by atoms with Crippen molar-refractivity contribution in [1.29, 1.82) is 0 Å². The highest BCUT2D eigenvalue weighted by Crippen LogP contribution is 2.28. The summed E-state index contributed by atoms with van der Waals surface area (Å²) in [6, 6.07) is 0. The molecule has 1 aromatic heterocycles. The Labute approximate surface area is 105 Å². The molecule has 0 saturated carbocycles. The summed E-state index contributed by atoms with van der Waals surface area (Å²) in [5, 5.41) is 9.66. The number of aromatic nitrogens is 2. The Morgan fingerprint density at radius 3 is 2.81 bits per heavy atom. The van der Waals surface area contributed by atoms with Crippen LogP contribution in [0.4, 0.5) is 0 Å². The molecule has 1 aliphatic heterocycles. The van der Waals surface area contributed by atoms with Crippen molar-refractivity contribution in [1.82, 2.24) is 9.55 Å². The molecule has 3 nitrogen and oxygen atoms in total. The summed E-state index contributed by atoms with van der Waals surface area (Å²) in [6.45, 7) is 7.56. The topological polar surface area (TPSA) is 38.0 Å². The van der Waals surface area contributed by atoms with Crippen LogP contribution in [0.15, 0.2) is 4.60 Å². The SMILES string of the molecule is CC(C)(C)Cc1nc(Br)c2n1CCC(O)C2. The van der Waals surface area contributed by atoms with E-state index in [0.29, 0.717) is 0 Å². The molecule has 1 unspecified atom stereocenters. The van der Waals surface area contributed by atoms with Crippen LogP contribution in [0.5, 0.6) is 0 Å². The molecule has 0 fully saturated rings. The van der Waals surface area contributed by atoms with Gasteiger partial charge in [0.25, 0.3) is 0 Å². The fourth-order valence-corrected chi connectivity index (χ4v) is 2.76. The van der Waals surface area contributed by atoms with Gasteiger partial charge < -0.3 is 9.67 Å². The molecular weight excluding hydrogens is 268 g/mol. The first-order valence-electron chi connectivity index (χ1n) is 5.78. The summed E-state index contributed by atoms with van der Waals surface area (Å²) in [6.07, 6.45) is 2.33. The fraction of sp³-hybridized carbons (Fsp3) is 0.750. The van der Waals surface area contributed by atoms with Crippen LogP contribution in [-0.4, -0.2) is 20.8 Å². The Morgan fingerprint density at radius 1 is 1.50 bits per heavy atom. The third-order valence-corrected chi connectivity index (χ3v) is 3.54. The molecule has 1 atom stereocenters. The minimum Gasteiger partial charge on any atom is -0.393 e. The molecule has 2 heterocycles. The normalized spacial score (nSPS) is 20.9. The Bertz CT molecular complexity index is 392. The van der Waals surface area contributed by atoms with E-state index in [2.05, 4.69) is 46.3 Å². The van der Waals surface area contributed by atoms with Gasteiger partial charge in [-0.1, -0.05) is 20.8 Å². The molecule has 0 saturated heterocycles. The monoisotopic (exact) mass is 286 g/mol. The van der Waals surface area contributed by atoms with E-state index in [1.165, 1.54) is 0 Å². The first kappa shape index (κ1) is 12.1. The average Bonchev–Trinajstić information content (AvgIpc) is 2.40. The van der Waals surface area contributed by atoms with Crippen LogP contribution < -0.4 is 0 Å². The quantitative estimate of drug-likeness (QED) is 0.862. The van der Waals surface area contributed by atoms with Gasteiger partial charge in [0.05, 0.1) is 11.8 Å². The minimum atomic E-state index is -0.206. The Morgan fingerprint density at radius 2 is 2.19 bits per heavy atom. The predicted molar refractivity (Wildman–Crippen MR) is 67.4 cm³/mol. The number of aliphatic hydroxyl groups is 1. The van der Waals surface area contributed by atoms with Crippen molar-refractivity contribution in [2.75, 3.05) is 0 Å². The third-order valence-electron chi connectivity index (χ3n) is 2.91. The molecule has 0 spiro atoms. The average molecular weight is 287 g/mol. The highest BCUT2D eigenvalue weighted by molar-refractivity contribution is 9.10. The fourth-order valence-electron chi connectivity index (χ4n) is 2.18. The van der Waals surface area contributed by atoms with Crippen molar-refractivity contribution in [2.45, 2.75) is 52.7 Å². The van der Waals surface area contributed by atoms with E-state index in [1.54, 1.807) is 0 Å². The zero-order valence-electron chi connectivity index (χ0n) is 10.1. The van der Waals surface area contributed by atoms with Crippen molar-refractivity contribution >= 4 is 15.9 Å². The standard InChI is InChI=1S/C12H19BrN2O/c1-12(2,3)7-10-14-11(13)9-6-8(16)4-5-15(9)10/h8,16H,4-7H2,1-3H3. The van der Waals surface area contributed by atoms with Crippen molar-refractivity contribution in [3.63, 3.8) is 0 Å². The van der Waals surface area contributed by atoms with Crippen molar-refractivity contribution < 1.29 is 5.11 Å². The first-order valence-corrected chi connectivity index (χ1v) is 6.58. The van der Waals surface area contributed by atoms with Crippen LogP contribution >= 0.6 is 15.9 Å². The smallest absolute Gasteiger partial charge is 0.127 e. The largest absolute Gasteiger partial charge is 0.393 e. The lowest BCUT2D eigenvalue weighted by Gasteiger charge is -2.23. The van der Waals surface area contributed by atoms with Crippen LogP contribution in [0.25, 0.3) is 0 Å². The number of fused-ring (bicyclic) bond motifs is 1. The van der Waals surface area contributed by atoms with Gasteiger partial charge in [-0.25, -0.2) is 4.98 Å². The van der Waals surface area contributed by atoms with E-state index in [1.807, 2.05) is 0 Å². The summed E-state index contributed by atoms with van der Waals surface area (Å²) < 4.78 is 3.17. The number of rotatable bonds is 1. The van der Waals surface area contributed by atoms with E-state index in [9.17, 15) is 5.11 Å². The number of halogens is 1. The highest BCUT2D eigenvalue weighted by atomic mass is 79.9. The minimum absolute atomic E-state index is 0.206. The lowest BCUT2D eigenvalue weighted by atomic mass is 9.92. The molecule has 0 aromatic carbocycles. The second kappa shape index (κ2) is 4.15. The molecule has 1 N–H and O–H groups in total. The van der Waals surface area contributed by atoms with Crippen LogP contribution in [0.1, 0.15) is 38.7 Å². The van der Waals surface area contributed by atoms with Crippen molar-refractivity contribution in [2.24, 2.45) is 5.41 Å². The lowest BCUT2D eigenvalue weighted by Crippen LogP contribution is -2.25. The van der Waals surface area contributed by atoms with E-state index in [-0.39, 0.29) is 11.5 Å². The maximum atomic E-state index is 9.66. The summed E-state index contributed by atoms with van der Waals surface area (Å²) in [5.74, 6) is 1.14. The van der Waals surface area contributed by atoms with Crippen molar-refractivity contribution in [3.05, 3.63) is 16.1 Å². The summed E-state index contributed by atoms with van der Waals surface area (Å²) in [5.41, 5.74) is 1.40. The molecule has 4 heteroatoms. The van der Waals surface area contributed by atoms with Gasteiger partial charge in [-0.15, -0.1) is 0 Å². The summed E-state index contributed by atoms with van der Waals surface area (Å²) in [7, 11) is 0. The van der Waals surface area contributed by atoms with Crippen molar-refractivity contribution in [3.8, 4) is 0 Å². The third kappa shape index (κ3) is 2.48. The van der Waals surface area contributed by atoms with Crippen LogP contribution in [0, 0.1) is 5.41 Å². The molecule has 16 heavy (non-hydrogen) atoms. The zero-order chi connectivity index (χ0) is 11.9. The maximum Gasteiger partial charge on any atom is 0.127 e. The van der Waals surface area contributed by atoms with Crippen LogP contribution in [0.3, 0.4) is 0 Å². The molecular formula is C12H19BrN2O. The number of imidazole rings is 1. The van der Waals surface area contributed by atoms with E-state index in [0.717, 1.165) is 41.9 Å². The molecule has 0 bridgehead atoms. The second-order valence-electron chi connectivity index (χ2n) is 5.80. The predicted octanol–water partition coefficient (Wildman–Crippen LogP) is 2.54. The number of aliphatic hydroxyl groups excluding tert-OH is 1. The molecule has 0 radical (unpaired) electrons. The number of nitrogens with zero attached hydrogens (tertiary/aromatic N) is 2. The molecule has 90 valence electrons. The molecule has 0 amide bonds. The van der Waals surface area contributed by atoms with E-state index < -0.39 is 0 Å².